The van der Waals surface area contributed by atoms with Crippen LogP contribution in [0.25, 0.3) is 0 Å². The molecule has 4 nitrogen and oxygen atoms in total. The Kier molecular flexibility index (Phi) is 5.16. The first-order chi connectivity index (χ1) is 11.9. The van der Waals surface area contributed by atoms with E-state index >= 15 is 0 Å². The van der Waals surface area contributed by atoms with Crippen LogP contribution in [0, 0.1) is 0 Å². The molecular weight excluding hydrogens is 314 g/mol. The monoisotopic (exact) mass is 341 g/mol. The molecular formula is C21H27NO3. The van der Waals surface area contributed by atoms with E-state index in [0.717, 1.165) is 31.7 Å². The number of hydrogen-bond donors (Lipinski definition) is 0. The topological polar surface area (TPSA) is 42.7 Å². The molecule has 0 radical (unpaired) electrons. The highest BCUT2D eigenvalue weighted by Gasteiger charge is 2.21. The van der Waals surface area contributed by atoms with Crippen LogP contribution in [-0.4, -0.2) is 23.9 Å². The van der Waals surface area contributed by atoms with Crippen LogP contribution in [0.15, 0.2) is 40.8 Å². The molecule has 1 amide bonds. The number of benzene rings is 1. The van der Waals surface area contributed by atoms with E-state index in [1.807, 2.05) is 23.1 Å². The van der Waals surface area contributed by atoms with Gasteiger partial charge in [-0.2, -0.15) is 0 Å². The van der Waals surface area contributed by atoms with Crippen LogP contribution in [0.2, 0.25) is 0 Å². The predicted molar refractivity (Wildman–Crippen MR) is 97.9 cm³/mol. The Balaban J connectivity index is 1.57. The lowest BCUT2D eigenvalue weighted by Gasteiger charge is -2.25. The maximum absolute atomic E-state index is 12.4. The van der Waals surface area contributed by atoms with Crippen molar-refractivity contribution in [3.05, 3.63) is 53.5 Å². The summed E-state index contributed by atoms with van der Waals surface area (Å²) in [4.78, 5) is 14.3. The van der Waals surface area contributed by atoms with Crippen molar-refractivity contribution >= 4 is 5.91 Å². The van der Waals surface area contributed by atoms with Gasteiger partial charge < -0.3 is 14.1 Å². The third-order valence-corrected chi connectivity index (χ3v) is 4.62. The van der Waals surface area contributed by atoms with Gasteiger partial charge in [-0.05, 0) is 54.5 Å². The van der Waals surface area contributed by atoms with E-state index in [1.165, 1.54) is 12.0 Å². The second-order valence-electron chi connectivity index (χ2n) is 7.68. The van der Waals surface area contributed by atoms with Gasteiger partial charge in [-0.15, -0.1) is 0 Å². The number of likely N-dealkylation sites (tertiary alicyclic amines) is 1. The second-order valence-corrected chi connectivity index (χ2v) is 7.68. The van der Waals surface area contributed by atoms with Crippen molar-refractivity contribution in [1.82, 2.24) is 4.90 Å². The van der Waals surface area contributed by atoms with E-state index in [0.29, 0.717) is 18.1 Å². The summed E-state index contributed by atoms with van der Waals surface area (Å²) in [6, 6.07) is 11.7. The summed E-state index contributed by atoms with van der Waals surface area (Å²) in [5, 5.41) is 0. The molecule has 1 aliphatic rings. The quantitative estimate of drug-likeness (QED) is 0.803. The minimum atomic E-state index is -0.0134. The van der Waals surface area contributed by atoms with Crippen LogP contribution in [0.1, 0.15) is 61.9 Å². The number of hydrogen-bond acceptors (Lipinski definition) is 3. The summed E-state index contributed by atoms with van der Waals surface area (Å²) in [5.41, 5.74) is 1.40. The maximum Gasteiger partial charge on any atom is 0.289 e. The number of amides is 1. The minimum Gasteiger partial charge on any atom is -0.486 e. The highest BCUT2D eigenvalue weighted by molar-refractivity contribution is 5.91. The second kappa shape index (κ2) is 7.34. The Hall–Kier alpha value is -2.23. The fourth-order valence-corrected chi connectivity index (χ4v) is 3.03. The molecule has 1 fully saturated rings. The SMILES string of the molecule is CC(C)(C)c1ccc(OCc2ccc(C(=O)N3CCCCC3)o2)cc1. The van der Waals surface area contributed by atoms with E-state index in [2.05, 4.69) is 32.9 Å². The van der Waals surface area contributed by atoms with Crippen molar-refractivity contribution in [3.63, 3.8) is 0 Å². The highest BCUT2D eigenvalue weighted by atomic mass is 16.5. The van der Waals surface area contributed by atoms with Gasteiger partial charge in [0.25, 0.3) is 5.91 Å². The molecule has 0 atom stereocenters. The molecule has 2 aromatic rings. The van der Waals surface area contributed by atoms with Gasteiger partial charge in [0.05, 0.1) is 0 Å². The number of furan rings is 1. The van der Waals surface area contributed by atoms with Gasteiger partial charge in [-0.25, -0.2) is 0 Å². The van der Waals surface area contributed by atoms with Gasteiger partial charge in [0.1, 0.15) is 18.1 Å². The molecule has 1 aromatic heterocycles. The molecule has 25 heavy (non-hydrogen) atoms. The molecule has 2 heterocycles. The molecule has 1 saturated heterocycles. The number of carbonyl (C=O) groups is 1. The molecule has 0 bridgehead atoms. The Morgan fingerprint density at radius 1 is 1.04 bits per heavy atom. The lowest BCUT2D eigenvalue weighted by molar-refractivity contribution is 0.0688. The number of ether oxygens (including phenoxy) is 1. The number of rotatable bonds is 4. The van der Waals surface area contributed by atoms with Crippen LogP contribution < -0.4 is 4.74 Å². The van der Waals surface area contributed by atoms with Crippen molar-refractivity contribution in [3.8, 4) is 5.75 Å². The van der Waals surface area contributed by atoms with Crippen molar-refractivity contribution in [2.24, 2.45) is 0 Å². The van der Waals surface area contributed by atoms with E-state index in [4.69, 9.17) is 9.15 Å². The zero-order chi connectivity index (χ0) is 17.9. The molecule has 0 N–H and O–H groups in total. The van der Waals surface area contributed by atoms with E-state index in [-0.39, 0.29) is 11.3 Å². The smallest absolute Gasteiger partial charge is 0.289 e. The third kappa shape index (κ3) is 4.44. The fourth-order valence-electron chi connectivity index (χ4n) is 3.03. The molecule has 0 unspecified atom stereocenters. The summed E-state index contributed by atoms with van der Waals surface area (Å²) in [6.07, 6.45) is 3.36. The molecule has 3 rings (SSSR count). The van der Waals surface area contributed by atoms with E-state index < -0.39 is 0 Å². The molecule has 1 aromatic carbocycles. The average Bonchev–Trinajstić information content (AvgIpc) is 3.09. The molecule has 0 aliphatic carbocycles. The van der Waals surface area contributed by atoms with Gasteiger partial charge in [0.15, 0.2) is 5.76 Å². The molecule has 134 valence electrons. The first-order valence-corrected chi connectivity index (χ1v) is 9.05. The zero-order valence-corrected chi connectivity index (χ0v) is 15.4. The maximum atomic E-state index is 12.4. The lowest BCUT2D eigenvalue weighted by atomic mass is 9.87. The van der Waals surface area contributed by atoms with E-state index in [1.54, 1.807) is 6.07 Å². The molecule has 0 spiro atoms. The summed E-state index contributed by atoms with van der Waals surface area (Å²) in [6.45, 7) is 8.53. The van der Waals surface area contributed by atoms with Crippen LogP contribution in [-0.2, 0) is 12.0 Å². The highest BCUT2D eigenvalue weighted by Crippen LogP contribution is 2.25. The summed E-state index contributed by atoms with van der Waals surface area (Å²) >= 11 is 0. The van der Waals surface area contributed by atoms with Crippen LogP contribution in [0.4, 0.5) is 0 Å². The molecule has 1 aliphatic heterocycles. The number of nitrogens with zero attached hydrogens (tertiary/aromatic N) is 1. The van der Waals surface area contributed by atoms with Gasteiger partial charge in [0.2, 0.25) is 0 Å². The zero-order valence-electron chi connectivity index (χ0n) is 15.4. The molecule has 0 saturated carbocycles. The van der Waals surface area contributed by atoms with Crippen LogP contribution >= 0.6 is 0 Å². The van der Waals surface area contributed by atoms with Gasteiger partial charge in [-0.1, -0.05) is 32.9 Å². The van der Waals surface area contributed by atoms with Crippen molar-refractivity contribution < 1.29 is 13.9 Å². The Morgan fingerprint density at radius 2 is 1.72 bits per heavy atom. The van der Waals surface area contributed by atoms with Crippen LogP contribution in [0.3, 0.4) is 0 Å². The van der Waals surface area contributed by atoms with Gasteiger partial charge >= 0.3 is 0 Å². The Morgan fingerprint density at radius 3 is 2.36 bits per heavy atom. The summed E-state index contributed by atoms with van der Waals surface area (Å²) < 4.78 is 11.5. The first kappa shape index (κ1) is 17.6. The number of piperidine rings is 1. The fraction of sp³-hybridized carbons (Fsp3) is 0.476. The Labute approximate surface area is 149 Å². The van der Waals surface area contributed by atoms with Gasteiger partial charge in [0, 0.05) is 13.1 Å². The summed E-state index contributed by atoms with van der Waals surface area (Å²) in [5.74, 6) is 1.86. The summed E-state index contributed by atoms with van der Waals surface area (Å²) in [7, 11) is 0. The van der Waals surface area contributed by atoms with Crippen LogP contribution in [0.5, 0.6) is 5.75 Å². The van der Waals surface area contributed by atoms with Gasteiger partial charge in [-0.3, -0.25) is 4.79 Å². The predicted octanol–water partition coefficient (Wildman–Crippen LogP) is 4.78. The minimum absolute atomic E-state index is 0.0134. The van der Waals surface area contributed by atoms with Crippen molar-refractivity contribution in [2.75, 3.05) is 13.1 Å². The van der Waals surface area contributed by atoms with Crippen molar-refractivity contribution in [1.29, 1.82) is 0 Å². The van der Waals surface area contributed by atoms with E-state index in [9.17, 15) is 4.79 Å². The third-order valence-electron chi connectivity index (χ3n) is 4.62. The lowest BCUT2D eigenvalue weighted by Crippen LogP contribution is -2.35. The van der Waals surface area contributed by atoms with Crippen molar-refractivity contribution in [2.45, 2.75) is 52.1 Å². The number of carbonyl (C=O) groups excluding carboxylic acids is 1. The molecule has 4 heteroatoms. The average molecular weight is 341 g/mol. The first-order valence-electron chi connectivity index (χ1n) is 9.05. The normalized spacial score (nSPS) is 15.2. The standard InChI is InChI=1S/C21H27NO3/c1-21(2,3)16-7-9-17(10-8-16)24-15-18-11-12-19(25-18)20(23)22-13-5-4-6-14-22/h7-12H,4-6,13-15H2,1-3H3. The Bertz CT molecular complexity index is 703. The largest absolute Gasteiger partial charge is 0.486 e.